The average Bonchev–Trinajstić information content (AvgIpc) is 2.34. The summed E-state index contributed by atoms with van der Waals surface area (Å²) in [4.78, 5) is 9.85. The molecule has 0 aromatic heterocycles. The number of ether oxygens (including phenoxy) is 1. The van der Waals surface area contributed by atoms with Crippen LogP contribution in [0.5, 0.6) is 0 Å². The average molecular weight is 445 g/mol. The Bertz CT molecular complexity index is 552. The summed E-state index contributed by atoms with van der Waals surface area (Å²) in [6, 6.07) is 0. The second-order valence-corrected chi connectivity index (χ2v) is 4.22. The predicted octanol–water partition coefficient (Wildman–Crippen LogP) is 1.52. The number of carbonyl (C=O) groups excluding carboxylic acids is 1. The molecule has 1 atom stereocenters. The molecule has 0 aromatic carbocycles. The maximum Gasteiger partial charge on any atom is 0.460 e. The fourth-order valence-electron chi connectivity index (χ4n) is 1.01. The van der Waals surface area contributed by atoms with E-state index < -0.39 is 48.1 Å². The number of carboxylic acid groups (broad SMARTS) is 1. The number of rotatable bonds is 6. The van der Waals surface area contributed by atoms with Crippen LogP contribution in [0.25, 0.3) is 0 Å². The van der Waals surface area contributed by atoms with Crippen molar-refractivity contribution < 1.29 is 86.6 Å². The highest BCUT2D eigenvalue weighted by atomic mass is 19.4. The van der Waals surface area contributed by atoms with Gasteiger partial charge >= 0.3 is 42.1 Å². The fraction of sp³-hybridized carbons (Fsp3) is 0.875. The van der Waals surface area contributed by atoms with Crippen LogP contribution in [0.3, 0.4) is 0 Å². The molecule has 0 saturated heterocycles. The van der Waals surface area contributed by atoms with Gasteiger partial charge in [0.1, 0.15) is 5.97 Å². The van der Waals surface area contributed by atoms with Crippen LogP contribution in [0, 0.1) is 0 Å². The summed E-state index contributed by atoms with van der Waals surface area (Å²) in [6.45, 7) is 0. The Hall–Kier alpha value is -1.66. The Balaban J connectivity index is 0. The Morgan fingerprint density at radius 1 is 0.593 bits per heavy atom. The van der Waals surface area contributed by atoms with Crippen LogP contribution in [0.15, 0.2) is 0 Å². The lowest BCUT2D eigenvalue weighted by Gasteiger charge is -2.39. The third-order valence-electron chi connectivity index (χ3n) is 2.41. The van der Waals surface area contributed by atoms with E-state index >= 15 is 0 Å². The van der Waals surface area contributed by atoms with E-state index in [0.29, 0.717) is 0 Å². The lowest BCUT2D eigenvalue weighted by Crippen LogP contribution is -2.70. The van der Waals surface area contributed by atoms with E-state index in [0.717, 1.165) is 0 Å². The van der Waals surface area contributed by atoms with Crippen molar-refractivity contribution in [2.45, 2.75) is 42.1 Å². The number of aliphatic carboxylic acids is 1. The molecule has 0 spiro atoms. The zero-order chi connectivity index (χ0) is 21.8. The van der Waals surface area contributed by atoms with E-state index in [-0.39, 0.29) is 6.15 Å². The number of carboxylic acids is 1. The largest absolute Gasteiger partial charge is 0.544 e. The van der Waals surface area contributed by atoms with E-state index in [1.165, 1.54) is 4.74 Å². The van der Waals surface area contributed by atoms with Gasteiger partial charge in [-0.1, -0.05) is 0 Å². The summed E-state index contributed by atoms with van der Waals surface area (Å²) in [7, 11) is 0. The molecule has 0 heterocycles. The maximum atomic E-state index is 12.9. The van der Waals surface area contributed by atoms with E-state index in [4.69, 9.17) is 0 Å². The SMILES string of the molecule is O=C([O-])C(F)(OC(F)(F)C(F)(F)C(F)(F)C(F)(F)C(F)(F)F)C(F)(F)F.[NH2+]. The zero-order valence-corrected chi connectivity index (χ0v) is 11.5. The van der Waals surface area contributed by atoms with Crippen molar-refractivity contribution in [2.24, 2.45) is 0 Å². The number of carbonyl (C=O) groups is 1. The Morgan fingerprint density at radius 3 is 1.15 bits per heavy atom. The van der Waals surface area contributed by atoms with Crippen LogP contribution in [0.1, 0.15) is 0 Å². The molecule has 0 aliphatic heterocycles. The minimum atomic E-state index is -8.22. The Kier molecular flexibility index (Phi) is 6.88. The normalized spacial score (nSPS) is 17.1. The third kappa shape index (κ3) is 3.97. The summed E-state index contributed by atoms with van der Waals surface area (Å²) >= 11 is 0. The minimum absolute atomic E-state index is 0. The molecule has 0 rings (SSSR count). The summed E-state index contributed by atoms with van der Waals surface area (Å²) < 4.78 is 187. The number of halogens is 15. The first-order valence-electron chi connectivity index (χ1n) is 5.15. The van der Waals surface area contributed by atoms with Gasteiger partial charge in [0.05, 0.1) is 0 Å². The second-order valence-electron chi connectivity index (χ2n) is 4.22. The van der Waals surface area contributed by atoms with E-state index in [1.54, 1.807) is 0 Å². The van der Waals surface area contributed by atoms with Gasteiger partial charge in [0.15, 0.2) is 0 Å². The highest BCUT2D eigenvalue weighted by molar-refractivity contribution is 5.74. The van der Waals surface area contributed by atoms with Crippen molar-refractivity contribution in [3.8, 4) is 0 Å². The lowest BCUT2D eigenvalue weighted by atomic mass is 10.0. The summed E-state index contributed by atoms with van der Waals surface area (Å²) in [6.07, 6.45) is -22.7. The molecule has 0 amide bonds. The molecular formula is C8H2F15NO3. The highest BCUT2D eigenvalue weighted by Crippen LogP contribution is 2.58. The summed E-state index contributed by atoms with van der Waals surface area (Å²) in [5.41, 5.74) is 0. The molecule has 0 bridgehead atoms. The quantitative estimate of drug-likeness (QED) is 0.582. The zero-order valence-electron chi connectivity index (χ0n) is 11.5. The Labute approximate surface area is 136 Å². The second kappa shape index (κ2) is 6.74. The van der Waals surface area contributed by atoms with Crippen molar-refractivity contribution in [1.29, 1.82) is 0 Å². The molecule has 0 aromatic rings. The number of hydrogen-bond acceptors (Lipinski definition) is 3. The minimum Gasteiger partial charge on any atom is -0.544 e. The molecule has 2 radical (unpaired) electrons. The first-order valence-corrected chi connectivity index (χ1v) is 5.15. The van der Waals surface area contributed by atoms with Gasteiger partial charge in [-0.2, -0.15) is 65.9 Å². The van der Waals surface area contributed by atoms with Gasteiger partial charge in [0.2, 0.25) is 0 Å². The predicted molar refractivity (Wildman–Crippen MR) is 43.8 cm³/mol. The maximum absolute atomic E-state index is 12.9. The summed E-state index contributed by atoms with van der Waals surface area (Å²) in [5, 5.41) is 9.85. The smallest absolute Gasteiger partial charge is 0.460 e. The van der Waals surface area contributed by atoms with Crippen LogP contribution < -0.4 is 11.3 Å². The van der Waals surface area contributed by atoms with Crippen LogP contribution in [0.2, 0.25) is 0 Å². The lowest BCUT2D eigenvalue weighted by molar-refractivity contribution is -0.497. The molecule has 27 heavy (non-hydrogen) atoms. The van der Waals surface area contributed by atoms with Gasteiger partial charge in [0.25, 0.3) is 0 Å². The highest BCUT2D eigenvalue weighted by Gasteiger charge is 2.89. The molecule has 2 N–H and O–H groups in total. The van der Waals surface area contributed by atoms with Crippen molar-refractivity contribution in [3.05, 3.63) is 0 Å². The van der Waals surface area contributed by atoms with E-state index in [2.05, 4.69) is 0 Å². The molecule has 4 nitrogen and oxygen atoms in total. The molecule has 162 valence electrons. The van der Waals surface area contributed by atoms with Crippen LogP contribution in [0.4, 0.5) is 65.9 Å². The van der Waals surface area contributed by atoms with Crippen molar-refractivity contribution in [1.82, 2.24) is 0 Å². The van der Waals surface area contributed by atoms with Gasteiger partial charge in [-0.25, -0.2) is 0 Å². The fourth-order valence-corrected chi connectivity index (χ4v) is 1.01. The molecule has 0 aliphatic rings. The van der Waals surface area contributed by atoms with Gasteiger partial charge in [-0.3, -0.25) is 4.74 Å². The standard InChI is InChI=1S/C8HF15O3.H2N/c9-2(1(24)25,6(16,17)18)26-8(22,23)5(14,15)3(10,11)4(12,13)7(19,20)21;/h(H,24,25);1H2/q;+1/p-1. The van der Waals surface area contributed by atoms with Gasteiger partial charge in [0, 0.05) is 6.15 Å². The first kappa shape index (κ1) is 27.6. The van der Waals surface area contributed by atoms with Crippen molar-refractivity contribution in [3.63, 3.8) is 0 Å². The number of alkyl halides is 15. The Morgan fingerprint density at radius 2 is 0.926 bits per heavy atom. The monoisotopic (exact) mass is 445 g/mol. The molecule has 0 aliphatic carbocycles. The molecule has 19 heteroatoms. The molecular weight excluding hydrogens is 443 g/mol. The first-order chi connectivity index (χ1) is 10.9. The topological polar surface area (TPSA) is 82.9 Å². The van der Waals surface area contributed by atoms with Crippen LogP contribution in [-0.4, -0.2) is 48.1 Å². The van der Waals surface area contributed by atoms with E-state index in [1.807, 2.05) is 0 Å². The van der Waals surface area contributed by atoms with Crippen molar-refractivity contribution in [2.75, 3.05) is 0 Å². The van der Waals surface area contributed by atoms with Crippen molar-refractivity contribution >= 4 is 5.97 Å². The molecule has 0 fully saturated rings. The third-order valence-corrected chi connectivity index (χ3v) is 2.41. The molecule has 0 saturated carbocycles. The van der Waals surface area contributed by atoms with Gasteiger partial charge in [-0.05, 0) is 0 Å². The van der Waals surface area contributed by atoms with Gasteiger partial charge in [-0.15, -0.1) is 0 Å². The number of nitrogens with two attached hydrogens (primary N) is 1. The number of hydrogen-bond donors (Lipinski definition) is 0. The molecule has 1 unspecified atom stereocenters. The van der Waals surface area contributed by atoms with E-state index in [9.17, 15) is 75.8 Å². The van der Waals surface area contributed by atoms with Crippen LogP contribution >= 0.6 is 0 Å². The van der Waals surface area contributed by atoms with Gasteiger partial charge < -0.3 is 9.90 Å². The summed E-state index contributed by atoms with van der Waals surface area (Å²) in [5.74, 6) is -35.8. The van der Waals surface area contributed by atoms with Crippen LogP contribution in [-0.2, 0) is 9.53 Å².